The van der Waals surface area contributed by atoms with Gasteiger partial charge in [-0.3, -0.25) is 4.79 Å². The minimum Gasteiger partial charge on any atom is -0.493 e. The van der Waals surface area contributed by atoms with Crippen molar-refractivity contribution in [3.63, 3.8) is 0 Å². The number of hydrogen-bond donors (Lipinski definition) is 0. The van der Waals surface area contributed by atoms with E-state index >= 15 is 0 Å². The van der Waals surface area contributed by atoms with Crippen molar-refractivity contribution in [2.24, 2.45) is 0 Å². The van der Waals surface area contributed by atoms with Crippen LogP contribution in [0.2, 0.25) is 0 Å². The summed E-state index contributed by atoms with van der Waals surface area (Å²) in [5, 5.41) is 0. The number of fused-ring (bicyclic) bond motifs is 1. The number of aryl methyl sites for hydroxylation is 1. The lowest BCUT2D eigenvalue weighted by Gasteiger charge is -2.20. The van der Waals surface area contributed by atoms with Crippen molar-refractivity contribution in [2.45, 2.75) is 19.0 Å². The molecule has 136 valence electrons. The zero-order valence-corrected chi connectivity index (χ0v) is 14.2. The number of halogens is 3. The van der Waals surface area contributed by atoms with Gasteiger partial charge in [0.15, 0.2) is 17.3 Å². The van der Waals surface area contributed by atoms with Crippen LogP contribution in [0.5, 0.6) is 11.5 Å². The van der Waals surface area contributed by atoms with Crippen LogP contribution in [0.25, 0.3) is 6.08 Å². The number of rotatable bonds is 3. The van der Waals surface area contributed by atoms with E-state index in [1.165, 1.54) is 32.4 Å². The van der Waals surface area contributed by atoms with Crippen LogP contribution in [0.15, 0.2) is 35.9 Å². The molecule has 0 saturated heterocycles. The van der Waals surface area contributed by atoms with Crippen molar-refractivity contribution in [3.8, 4) is 11.5 Å². The van der Waals surface area contributed by atoms with Gasteiger partial charge >= 0.3 is 6.18 Å². The first kappa shape index (κ1) is 18.0. The summed E-state index contributed by atoms with van der Waals surface area (Å²) in [7, 11) is 2.99. The summed E-state index contributed by atoms with van der Waals surface area (Å²) < 4.78 is 48.9. The molecule has 0 radical (unpaired) electrons. The van der Waals surface area contributed by atoms with Crippen LogP contribution in [-0.4, -0.2) is 25.0 Å². The van der Waals surface area contributed by atoms with Crippen LogP contribution in [0.4, 0.5) is 13.2 Å². The summed E-state index contributed by atoms with van der Waals surface area (Å²) in [4.78, 5) is 16.3. The fourth-order valence-corrected chi connectivity index (χ4v) is 2.90. The molecule has 0 amide bonds. The lowest BCUT2D eigenvalue weighted by molar-refractivity contribution is -0.141. The van der Waals surface area contributed by atoms with Gasteiger partial charge in [0.2, 0.25) is 0 Å². The number of alkyl halides is 3. The third-order valence-corrected chi connectivity index (χ3v) is 4.19. The Morgan fingerprint density at radius 2 is 1.77 bits per heavy atom. The van der Waals surface area contributed by atoms with Crippen LogP contribution in [0, 0.1) is 0 Å². The van der Waals surface area contributed by atoms with E-state index in [4.69, 9.17) is 9.47 Å². The first-order valence-electron chi connectivity index (χ1n) is 7.88. The second-order valence-electron chi connectivity index (χ2n) is 5.81. The van der Waals surface area contributed by atoms with Crippen molar-refractivity contribution in [3.05, 3.63) is 58.4 Å². The van der Waals surface area contributed by atoms with Gasteiger partial charge in [-0.05, 0) is 48.7 Å². The van der Waals surface area contributed by atoms with Gasteiger partial charge in [-0.1, -0.05) is 6.07 Å². The molecule has 0 N–H and O–H groups in total. The van der Waals surface area contributed by atoms with Gasteiger partial charge in [-0.25, -0.2) is 4.98 Å². The monoisotopic (exact) mass is 363 g/mol. The van der Waals surface area contributed by atoms with Gasteiger partial charge in [0, 0.05) is 11.1 Å². The molecule has 0 spiro atoms. The van der Waals surface area contributed by atoms with Crippen molar-refractivity contribution in [1.29, 1.82) is 0 Å². The number of carbonyl (C=O) groups is 1. The number of ketones is 1. The molecule has 1 aliphatic carbocycles. The molecule has 26 heavy (non-hydrogen) atoms. The highest BCUT2D eigenvalue weighted by Crippen LogP contribution is 2.36. The van der Waals surface area contributed by atoms with Gasteiger partial charge in [0.1, 0.15) is 5.69 Å². The maximum absolute atomic E-state index is 12.8. The highest BCUT2D eigenvalue weighted by Gasteiger charge is 2.32. The summed E-state index contributed by atoms with van der Waals surface area (Å²) in [6.07, 6.45) is -2.12. The SMILES string of the molecule is COc1cc2c(cc1OC)C(=O)/C(=C/c1cccc(C(F)(F)F)n1)CC2. The quantitative estimate of drug-likeness (QED) is 0.762. The lowest BCUT2D eigenvalue weighted by atomic mass is 9.86. The Hall–Kier alpha value is -2.83. The van der Waals surface area contributed by atoms with Crippen molar-refractivity contribution in [2.75, 3.05) is 14.2 Å². The number of allylic oxidation sites excluding steroid dienone is 1. The maximum atomic E-state index is 12.8. The Kier molecular flexibility index (Phi) is 4.71. The van der Waals surface area contributed by atoms with E-state index in [2.05, 4.69) is 4.98 Å². The van der Waals surface area contributed by atoms with E-state index in [-0.39, 0.29) is 11.5 Å². The average molecular weight is 363 g/mol. The van der Waals surface area contributed by atoms with E-state index in [0.29, 0.717) is 35.5 Å². The Morgan fingerprint density at radius 1 is 1.08 bits per heavy atom. The summed E-state index contributed by atoms with van der Waals surface area (Å²) in [6, 6.07) is 6.97. The van der Waals surface area contributed by atoms with Crippen molar-refractivity contribution in [1.82, 2.24) is 4.98 Å². The summed E-state index contributed by atoms with van der Waals surface area (Å²) >= 11 is 0. The van der Waals surface area contributed by atoms with Gasteiger partial charge < -0.3 is 9.47 Å². The van der Waals surface area contributed by atoms with Crippen molar-refractivity contribution < 1.29 is 27.4 Å². The number of nitrogens with zero attached hydrogens (tertiary/aromatic N) is 1. The molecule has 0 aliphatic heterocycles. The molecular formula is C19H16F3NO3. The van der Waals surface area contributed by atoms with Gasteiger partial charge in [0.05, 0.1) is 19.9 Å². The number of benzene rings is 1. The standard InChI is InChI=1S/C19H16F3NO3/c1-25-15-9-11-6-7-12(18(24)14(11)10-16(15)26-2)8-13-4-3-5-17(23-13)19(20,21)22/h3-5,8-10H,6-7H2,1-2H3/b12-8+. The number of carbonyl (C=O) groups excluding carboxylic acids is 1. The van der Waals surface area contributed by atoms with E-state index in [1.54, 1.807) is 12.1 Å². The molecule has 0 bridgehead atoms. The van der Waals surface area contributed by atoms with Crippen LogP contribution in [0.3, 0.4) is 0 Å². The molecule has 1 aromatic carbocycles. The zero-order chi connectivity index (χ0) is 18.9. The predicted octanol–water partition coefficient (Wildman–Crippen LogP) is 4.33. The Balaban J connectivity index is 1.98. The van der Waals surface area contributed by atoms with Crippen LogP contribution >= 0.6 is 0 Å². The molecule has 2 aromatic rings. The fourth-order valence-electron chi connectivity index (χ4n) is 2.90. The smallest absolute Gasteiger partial charge is 0.433 e. The Morgan fingerprint density at radius 3 is 2.42 bits per heavy atom. The molecule has 3 rings (SSSR count). The topological polar surface area (TPSA) is 48.4 Å². The number of hydrogen-bond acceptors (Lipinski definition) is 4. The molecule has 0 fully saturated rings. The zero-order valence-electron chi connectivity index (χ0n) is 14.2. The van der Waals surface area contributed by atoms with E-state index in [0.717, 1.165) is 11.6 Å². The summed E-state index contributed by atoms with van der Waals surface area (Å²) in [5.74, 6) is 0.718. The summed E-state index contributed by atoms with van der Waals surface area (Å²) in [6.45, 7) is 0. The van der Waals surface area contributed by atoms with E-state index in [9.17, 15) is 18.0 Å². The van der Waals surface area contributed by atoms with Gasteiger partial charge in [-0.2, -0.15) is 13.2 Å². The number of aromatic nitrogens is 1. The highest BCUT2D eigenvalue weighted by molar-refractivity contribution is 6.13. The van der Waals surface area contributed by atoms with E-state index < -0.39 is 11.9 Å². The lowest BCUT2D eigenvalue weighted by Crippen LogP contribution is -2.15. The minimum absolute atomic E-state index is 0.104. The predicted molar refractivity (Wildman–Crippen MR) is 89.4 cm³/mol. The summed E-state index contributed by atoms with van der Waals surface area (Å²) in [5.41, 5.74) is 0.819. The Labute approximate surface area is 148 Å². The van der Waals surface area contributed by atoms with Gasteiger partial charge in [-0.15, -0.1) is 0 Å². The number of ether oxygens (including phenoxy) is 2. The highest BCUT2D eigenvalue weighted by atomic mass is 19.4. The minimum atomic E-state index is -4.53. The molecule has 1 aliphatic rings. The molecule has 1 heterocycles. The molecule has 0 saturated carbocycles. The maximum Gasteiger partial charge on any atom is 0.433 e. The fraction of sp³-hybridized carbons (Fsp3) is 0.263. The van der Waals surface area contributed by atoms with Crippen LogP contribution in [-0.2, 0) is 12.6 Å². The third-order valence-electron chi connectivity index (χ3n) is 4.19. The Bertz CT molecular complexity index is 888. The molecule has 0 atom stereocenters. The molecular weight excluding hydrogens is 347 g/mol. The molecule has 4 nitrogen and oxygen atoms in total. The van der Waals surface area contributed by atoms with E-state index in [1.807, 2.05) is 0 Å². The molecule has 1 aromatic heterocycles. The van der Waals surface area contributed by atoms with Crippen LogP contribution < -0.4 is 9.47 Å². The average Bonchev–Trinajstić information content (AvgIpc) is 2.62. The van der Waals surface area contributed by atoms with Crippen LogP contribution in [0.1, 0.15) is 33.7 Å². The number of pyridine rings is 1. The normalized spacial score (nSPS) is 15.7. The second kappa shape index (κ2) is 6.82. The molecule has 0 unspecified atom stereocenters. The first-order valence-corrected chi connectivity index (χ1v) is 7.88. The van der Waals surface area contributed by atoms with Crippen molar-refractivity contribution >= 4 is 11.9 Å². The van der Waals surface area contributed by atoms with Gasteiger partial charge in [0.25, 0.3) is 0 Å². The largest absolute Gasteiger partial charge is 0.493 e. The number of Topliss-reactive ketones (excluding diaryl/α,β-unsaturated/α-hetero) is 1. The third kappa shape index (κ3) is 3.42. The first-order chi connectivity index (χ1) is 12.3. The molecule has 7 heteroatoms. The number of methoxy groups -OCH3 is 2. The second-order valence-corrected chi connectivity index (χ2v) is 5.81.